The molecule has 94 valence electrons. The predicted molar refractivity (Wildman–Crippen MR) is 69.9 cm³/mol. The van der Waals surface area contributed by atoms with E-state index in [4.69, 9.17) is 0 Å². The molecule has 0 aliphatic carbocycles. The molecule has 0 saturated carbocycles. The van der Waals surface area contributed by atoms with E-state index in [0.717, 1.165) is 25.3 Å². The van der Waals surface area contributed by atoms with Crippen LogP contribution in [0.2, 0.25) is 0 Å². The van der Waals surface area contributed by atoms with Crippen LogP contribution in [0.5, 0.6) is 0 Å². The first kappa shape index (κ1) is 12.4. The van der Waals surface area contributed by atoms with Crippen LogP contribution in [0.25, 0.3) is 0 Å². The molecular weight excluding hydrogens is 215 g/mol. The van der Waals surface area contributed by atoms with Gasteiger partial charge in [0.2, 0.25) is 0 Å². The number of rotatable bonds is 4. The monoisotopic (exact) mass is 236 g/mol. The van der Waals surface area contributed by atoms with Crippen LogP contribution in [0, 0.1) is 11.7 Å². The van der Waals surface area contributed by atoms with Gasteiger partial charge in [0.1, 0.15) is 5.82 Å². The molecular formula is C14H21FN2. The zero-order valence-corrected chi connectivity index (χ0v) is 10.6. The highest BCUT2D eigenvalue weighted by atomic mass is 19.1. The smallest absolute Gasteiger partial charge is 0.123 e. The number of benzene rings is 1. The maximum absolute atomic E-state index is 12.9. The van der Waals surface area contributed by atoms with Crippen molar-refractivity contribution in [3.05, 3.63) is 30.1 Å². The van der Waals surface area contributed by atoms with Crippen molar-refractivity contribution in [2.45, 2.75) is 26.3 Å². The number of hydrogen-bond acceptors (Lipinski definition) is 2. The average molecular weight is 236 g/mol. The summed E-state index contributed by atoms with van der Waals surface area (Å²) < 4.78 is 12.9. The quantitative estimate of drug-likeness (QED) is 0.864. The maximum atomic E-state index is 12.9. The molecule has 2 unspecified atom stereocenters. The second-order valence-corrected chi connectivity index (χ2v) is 4.66. The molecule has 1 fully saturated rings. The molecule has 1 aromatic carbocycles. The lowest BCUT2D eigenvalue weighted by molar-refractivity contribution is 0.469. The van der Waals surface area contributed by atoms with E-state index in [-0.39, 0.29) is 5.82 Å². The van der Waals surface area contributed by atoms with Crippen molar-refractivity contribution in [2.24, 2.45) is 5.92 Å². The molecule has 0 spiro atoms. The molecule has 2 atom stereocenters. The fourth-order valence-corrected chi connectivity index (χ4v) is 2.74. The summed E-state index contributed by atoms with van der Waals surface area (Å²) in [7, 11) is 0. The largest absolute Gasteiger partial charge is 0.367 e. The molecule has 1 heterocycles. The van der Waals surface area contributed by atoms with Crippen LogP contribution in [0.15, 0.2) is 24.3 Å². The summed E-state index contributed by atoms with van der Waals surface area (Å²) in [6.45, 7) is 7.49. The molecule has 0 radical (unpaired) electrons. The summed E-state index contributed by atoms with van der Waals surface area (Å²) in [5.41, 5.74) is 1.13. The zero-order chi connectivity index (χ0) is 12.3. The summed E-state index contributed by atoms with van der Waals surface area (Å²) in [6, 6.07) is 7.38. The Morgan fingerprint density at radius 1 is 1.24 bits per heavy atom. The van der Waals surface area contributed by atoms with Gasteiger partial charge in [-0.25, -0.2) is 4.39 Å². The zero-order valence-electron chi connectivity index (χ0n) is 10.6. The van der Waals surface area contributed by atoms with Gasteiger partial charge in [0.25, 0.3) is 0 Å². The Morgan fingerprint density at radius 2 is 1.94 bits per heavy atom. The Morgan fingerprint density at radius 3 is 2.53 bits per heavy atom. The molecule has 1 N–H and O–H groups in total. The highest BCUT2D eigenvalue weighted by Gasteiger charge is 2.30. The summed E-state index contributed by atoms with van der Waals surface area (Å²) >= 11 is 0. The molecule has 3 heteroatoms. The van der Waals surface area contributed by atoms with Crippen LogP contribution >= 0.6 is 0 Å². The highest BCUT2D eigenvalue weighted by Crippen LogP contribution is 2.25. The van der Waals surface area contributed by atoms with Crippen molar-refractivity contribution in [1.82, 2.24) is 5.32 Å². The van der Waals surface area contributed by atoms with Crippen LogP contribution < -0.4 is 10.2 Å². The minimum Gasteiger partial charge on any atom is -0.367 e. The maximum Gasteiger partial charge on any atom is 0.123 e. The van der Waals surface area contributed by atoms with E-state index in [0.29, 0.717) is 12.0 Å². The van der Waals surface area contributed by atoms with Crippen LogP contribution in [0.1, 0.15) is 20.3 Å². The summed E-state index contributed by atoms with van der Waals surface area (Å²) in [5, 5.41) is 3.45. The Labute approximate surface area is 103 Å². The van der Waals surface area contributed by atoms with Gasteiger partial charge in [-0.2, -0.15) is 0 Å². The average Bonchev–Trinajstić information content (AvgIpc) is 2.81. The van der Waals surface area contributed by atoms with Gasteiger partial charge < -0.3 is 10.2 Å². The van der Waals surface area contributed by atoms with Gasteiger partial charge in [0, 0.05) is 31.4 Å². The number of halogens is 1. The van der Waals surface area contributed by atoms with E-state index >= 15 is 0 Å². The van der Waals surface area contributed by atoms with E-state index < -0.39 is 0 Å². The third kappa shape index (κ3) is 2.60. The Bertz CT molecular complexity index is 350. The van der Waals surface area contributed by atoms with E-state index in [1.165, 1.54) is 6.42 Å². The van der Waals surface area contributed by atoms with Crippen molar-refractivity contribution in [2.75, 3.05) is 24.5 Å². The second kappa shape index (κ2) is 5.50. The van der Waals surface area contributed by atoms with Crippen LogP contribution in [-0.4, -0.2) is 25.7 Å². The van der Waals surface area contributed by atoms with Gasteiger partial charge in [-0.15, -0.1) is 0 Å². The van der Waals surface area contributed by atoms with Crippen molar-refractivity contribution in [3.8, 4) is 0 Å². The number of hydrogen-bond donors (Lipinski definition) is 1. The van der Waals surface area contributed by atoms with Gasteiger partial charge >= 0.3 is 0 Å². The lowest BCUT2D eigenvalue weighted by atomic mass is 9.98. The van der Waals surface area contributed by atoms with Crippen molar-refractivity contribution in [3.63, 3.8) is 0 Å². The molecule has 0 amide bonds. The molecule has 0 aromatic heterocycles. The SMILES string of the molecule is CCC1CNCC1N(CC)c1ccc(F)cc1. The summed E-state index contributed by atoms with van der Waals surface area (Å²) in [5.74, 6) is 0.529. The van der Waals surface area contributed by atoms with E-state index in [2.05, 4.69) is 24.1 Å². The molecule has 2 nitrogen and oxygen atoms in total. The Kier molecular flexibility index (Phi) is 4.00. The molecule has 1 aliphatic rings. The minimum absolute atomic E-state index is 0.165. The topological polar surface area (TPSA) is 15.3 Å². The van der Waals surface area contributed by atoms with Crippen LogP contribution in [0.4, 0.5) is 10.1 Å². The standard InChI is InChI=1S/C14H21FN2/c1-3-11-9-16-10-14(11)17(4-2)13-7-5-12(15)6-8-13/h5-8,11,14,16H,3-4,9-10H2,1-2H3. The van der Waals surface area contributed by atoms with E-state index in [9.17, 15) is 4.39 Å². The summed E-state index contributed by atoms with van der Waals surface area (Å²) in [4.78, 5) is 2.38. The second-order valence-electron chi connectivity index (χ2n) is 4.66. The fourth-order valence-electron chi connectivity index (χ4n) is 2.74. The van der Waals surface area contributed by atoms with E-state index in [1.807, 2.05) is 12.1 Å². The minimum atomic E-state index is -0.165. The molecule has 2 rings (SSSR count). The van der Waals surface area contributed by atoms with Crippen molar-refractivity contribution in [1.29, 1.82) is 0 Å². The number of anilines is 1. The van der Waals surface area contributed by atoms with E-state index in [1.54, 1.807) is 12.1 Å². The first-order valence-corrected chi connectivity index (χ1v) is 6.49. The molecule has 0 bridgehead atoms. The van der Waals surface area contributed by atoms with Crippen molar-refractivity contribution >= 4 is 5.69 Å². The van der Waals surface area contributed by atoms with Gasteiger partial charge in [-0.3, -0.25) is 0 Å². The number of likely N-dealkylation sites (N-methyl/N-ethyl adjacent to an activating group) is 1. The highest BCUT2D eigenvalue weighted by molar-refractivity contribution is 5.47. The lowest BCUT2D eigenvalue weighted by Crippen LogP contribution is -2.40. The molecule has 1 aromatic rings. The fraction of sp³-hybridized carbons (Fsp3) is 0.571. The molecule has 1 saturated heterocycles. The third-order valence-corrected chi connectivity index (χ3v) is 3.73. The Balaban J connectivity index is 2.18. The van der Waals surface area contributed by atoms with Gasteiger partial charge in [-0.05, 0) is 37.1 Å². The van der Waals surface area contributed by atoms with Crippen LogP contribution in [-0.2, 0) is 0 Å². The first-order chi connectivity index (χ1) is 8.26. The number of nitrogens with one attached hydrogen (secondary N) is 1. The third-order valence-electron chi connectivity index (χ3n) is 3.73. The molecule has 1 aliphatic heterocycles. The van der Waals surface area contributed by atoms with Gasteiger partial charge in [0.15, 0.2) is 0 Å². The molecule has 17 heavy (non-hydrogen) atoms. The van der Waals surface area contributed by atoms with Crippen molar-refractivity contribution < 1.29 is 4.39 Å². The normalized spacial score (nSPS) is 23.9. The lowest BCUT2D eigenvalue weighted by Gasteiger charge is -2.33. The Hall–Kier alpha value is -1.09. The summed E-state index contributed by atoms with van der Waals surface area (Å²) in [6.07, 6.45) is 1.19. The predicted octanol–water partition coefficient (Wildman–Crippen LogP) is 2.65. The number of nitrogens with zero attached hydrogens (tertiary/aromatic N) is 1. The van der Waals surface area contributed by atoms with Crippen LogP contribution in [0.3, 0.4) is 0 Å². The first-order valence-electron chi connectivity index (χ1n) is 6.49. The van der Waals surface area contributed by atoms with Gasteiger partial charge in [-0.1, -0.05) is 13.3 Å². The van der Waals surface area contributed by atoms with Gasteiger partial charge in [0.05, 0.1) is 0 Å².